The first-order chi connectivity index (χ1) is 10.4. The second kappa shape index (κ2) is 8.82. The van der Waals surface area contributed by atoms with Gasteiger partial charge in [0.1, 0.15) is 6.29 Å². The van der Waals surface area contributed by atoms with E-state index in [4.69, 9.17) is 0 Å². The van der Waals surface area contributed by atoms with Crippen LogP contribution in [0, 0.1) is 5.92 Å². The van der Waals surface area contributed by atoms with Crippen molar-refractivity contribution in [3.63, 3.8) is 0 Å². The molecule has 1 aromatic rings. The van der Waals surface area contributed by atoms with Gasteiger partial charge in [-0.1, -0.05) is 50.3 Å². The van der Waals surface area contributed by atoms with Crippen LogP contribution in [0.5, 0.6) is 0 Å². The third-order valence-corrected chi connectivity index (χ3v) is 4.62. The number of aldehydes is 1. The van der Waals surface area contributed by atoms with Crippen molar-refractivity contribution in [2.45, 2.75) is 45.9 Å². The molecule has 2 nitrogen and oxygen atoms in total. The smallest absolute Gasteiger partial charge is 0.161 e. The van der Waals surface area contributed by atoms with Gasteiger partial charge in [-0.05, 0) is 30.4 Å². The van der Waals surface area contributed by atoms with E-state index >= 15 is 0 Å². The maximum atomic E-state index is 11.4. The molecule has 0 aliphatic rings. The highest BCUT2D eigenvalue weighted by molar-refractivity contribution is 6.54. The third kappa shape index (κ3) is 4.76. The molecule has 0 N–H and O–H groups in total. The van der Waals surface area contributed by atoms with E-state index in [-0.39, 0.29) is 5.92 Å². The van der Waals surface area contributed by atoms with Crippen molar-refractivity contribution >= 4 is 24.7 Å². The van der Waals surface area contributed by atoms with Gasteiger partial charge in [-0.3, -0.25) is 0 Å². The number of hydrogen-bond acceptors (Lipinski definition) is 2. The molecule has 0 aromatic heterocycles. The largest absolute Gasteiger partial charge is 0.377 e. The zero-order valence-electron chi connectivity index (χ0n) is 14.9. The third-order valence-electron chi connectivity index (χ3n) is 4.62. The fourth-order valence-corrected chi connectivity index (χ4v) is 2.69. The van der Waals surface area contributed by atoms with Crippen LogP contribution in [-0.4, -0.2) is 27.7 Å². The zero-order chi connectivity index (χ0) is 16.7. The topological polar surface area (TPSA) is 20.3 Å². The van der Waals surface area contributed by atoms with Crippen LogP contribution in [0.2, 0.25) is 6.32 Å². The minimum atomic E-state index is -0.0184. The molecule has 0 radical (unpaired) electrons. The van der Waals surface area contributed by atoms with E-state index in [0.717, 1.165) is 44.0 Å². The molecule has 0 aliphatic carbocycles. The summed E-state index contributed by atoms with van der Waals surface area (Å²) in [6.45, 7) is 10.7. The Morgan fingerprint density at radius 1 is 1.32 bits per heavy atom. The second-order valence-electron chi connectivity index (χ2n) is 6.41. The van der Waals surface area contributed by atoms with Crippen LogP contribution in [-0.2, 0) is 4.79 Å². The molecule has 0 saturated heterocycles. The molecular formula is C19H30BNO. The summed E-state index contributed by atoms with van der Waals surface area (Å²) in [6.07, 6.45) is 4.08. The van der Waals surface area contributed by atoms with E-state index in [2.05, 4.69) is 50.4 Å². The molecular weight excluding hydrogens is 269 g/mol. The van der Waals surface area contributed by atoms with Crippen molar-refractivity contribution in [2.24, 2.45) is 5.92 Å². The first-order valence-electron chi connectivity index (χ1n) is 8.37. The van der Waals surface area contributed by atoms with Gasteiger partial charge in [-0.2, -0.15) is 0 Å². The van der Waals surface area contributed by atoms with Crippen LogP contribution in [0.1, 0.15) is 45.1 Å². The highest BCUT2D eigenvalue weighted by Gasteiger charge is 2.15. The van der Waals surface area contributed by atoms with Crippen LogP contribution in [0.15, 0.2) is 30.4 Å². The lowest BCUT2D eigenvalue weighted by Gasteiger charge is -2.21. The number of nitrogens with zero attached hydrogens (tertiary/aromatic N) is 1. The van der Waals surface area contributed by atoms with Gasteiger partial charge >= 0.3 is 0 Å². The SMILES string of the molecule is C=C(CBc1ccc(N(C)C)c(C(C=O)CC)c1)C(C)CC. The summed E-state index contributed by atoms with van der Waals surface area (Å²) in [5.74, 6) is 0.564. The van der Waals surface area contributed by atoms with Gasteiger partial charge in [0.05, 0.1) is 0 Å². The van der Waals surface area contributed by atoms with Crippen molar-refractivity contribution in [1.82, 2.24) is 0 Å². The van der Waals surface area contributed by atoms with E-state index in [0.29, 0.717) is 5.92 Å². The number of rotatable bonds is 9. The van der Waals surface area contributed by atoms with E-state index in [1.807, 2.05) is 14.1 Å². The molecule has 0 bridgehead atoms. The van der Waals surface area contributed by atoms with Crippen molar-refractivity contribution in [2.75, 3.05) is 19.0 Å². The van der Waals surface area contributed by atoms with Gasteiger partial charge in [0.15, 0.2) is 7.28 Å². The Morgan fingerprint density at radius 3 is 2.50 bits per heavy atom. The molecule has 120 valence electrons. The Kier molecular flexibility index (Phi) is 7.44. The Hall–Kier alpha value is -1.51. The molecule has 0 saturated carbocycles. The van der Waals surface area contributed by atoms with Crippen LogP contribution in [0.25, 0.3) is 0 Å². The lowest BCUT2D eigenvalue weighted by Crippen LogP contribution is -2.20. The highest BCUT2D eigenvalue weighted by atomic mass is 16.1. The molecule has 0 heterocycles. The van der Waals surface area contributed by atoms with Gasteiger partial charge in [0.25, 0.3) is 0 Å². The van der Waals surface area contributed by atoms with Gasteiger partial charge in [0.2, 0.25) is 0 Å². The van der Waals surface area contributed by atoms with E-state index in [1.165, 1.54) is 11.0 Å². The Labute approximate surface area is 136 Å². The molecule has 2 atom stereocenters. The predicted octanol–water partition coefficient (Wildman–Crippen LogP) is 3.53. The van der Waals surface area contributed by atoms with Gasteiger partial charge in [0, 0.05) is 25.7 Å². The quantitative estimate of drug-likeness (QED) is 0.395. The average Bonchev–Trinajstić information content (AvgIpc) is 2.52. The van der Waals surface area contributed by atoms with E-state index in [1.54, 1.807) is 0 Å². The molecule has 0 spiro atoms. The highest BCUT2D eigenvalue weighted by Crippen LogP contribution is 2.27. The summed E-state index contributed by atoms with van der Waals surface area (Å²) in [5, 5.41) is 0. The Bertz CT molecular complexity index is 510. The summed E-state index contributed by atoms with van der Waals surface area (Å²) in [5.41, 5.74) is 4.91. The minimum absolute atomic E-state index is 0.0184. The first-order valence-corrected chi connectivity index (χ1v) is 8.37. The molecule has 2 unspecified atom stereocenters. The molecule has 0 fully saturated rings. The van der Waals surface area contributed by atoms with Crippen LogP contribution >= 0.6 is 0 Å². The van der Waals surface area contributed by atoms with Crippen molar-refractivity contribution in [1.29, 1.82) is 0 Å². The number of allylic oxidation sites excluding steroid dienone is 1. The second-order valence-corrected chi connectivity index (χ2v) is 6.41. The monoisotopic (exact) mass is 299 g/mol. The molecule has 1 rings (SSSR count). The fraction of sp³-hybridized carbons (Fsp3) is 0.526. The van der Waals surface area contributed by atoms with E-state index < -0.39 is 0 Å². The molecule has 0 amide bonds. The fourth-order valence-electron chi connectivity index (χ4n) is 2.69. The average molecular weight is 299 g/mol. The number of hydrogen-bond donors (Lipinski definition) is 0. The van der Waals surface area contributed by atoms with Crippen LogP contribution in [0.4, 0.5) is 5.69 Å². The maximum absolute atomic E-state index is 11.4. The number of carbonyl (C=O) groups excluding carboxylic acids is 1. The van der Waals surface area contributed by atoms with Gasteiger partial charge in [-0.15, -0.1) is 6.58 Å². The lowest BCUT2D eigenvalue weighted by molar-refractivity contribution is -0.109. The van der Waals surface area contributed by atoms with Crippen LogP contribution < -0.4 is 10.4 Å². The number of carbonyl (C=O) groups is 1. The van der Waals surface area contributed by atoms with Gasteiger partial charge < -0.3 is 9.69 Å². The summed E-state index contributed by atoms with van der Waals surface area (Å²) in [6, 6.07) is 6.53. The molecule has 3 heteroatoms. The number of benzene rings is 1. The normalized spacial score (nSPS) is 13.3. The lowest BCUT2D eigenvalue weighted by atomic mass is 9.63. The molecule has 0 aliphatic heterocycles. The van der Waals surface area contributed by atoms with Crippen molar-refractivity contribution in [3.05, 3.63) is 35.9 Å². The minimum Gasteiger partial charge on any atom is -0.377 e. The number of anilines is 1. The molecule has 1 aromatic carbocycles. The van der Waals surface area contributed by atoms with Crippen LogP contribution in [0.3, 0.4) is 0 Å². The Balaban J connectivity index is 2.96. The Morgan fingerprint density at radius 2 is 2.00 bits per heavy atom. The van der Waals surface area contributed by atoms with Gasteiger partial charge in [-0.25, -0.2) is 0 Å². The van der Waals surface area contributed by atoms with Crippen molar-refractivity contribution in [3.8, 4) is 0 Å². The standard InChI is InChI=1S/C19H30BNO/c1-7-14(3)15(4)12-20-17-9-10-19(21(5)6)18(11-17)16(8-2)13-22/h9-11,13-14,16,20H,4,7-8,12H2,1-3,5-6H3. The first kappa shape index (κ1) is 18.5. The zero-order valence-corrected chi connectivity index (χ0v) is 14.9. The summed E-state index contributed by atoms with van der Waals surface area (Å²) in [7, 11) is 5.06. The summed E-state index contributed by atoms with van der Waals surface area (Å²) in [4.78, 5) is 13.5. The van der Waals surface area contributed by atoms with E-state index in [9.17, 15) is 4.79 Å². The summed E-state index contributed by atoms with van der Waals surface area (Å²) < 4.78 is 0. The maximum Gasteiger partial charge on any atom is 0.161 e. The van der Waals surface area contributed by atoms with Crippen molar-refractivity contribution < 1.29 is 4.79 Å². The predicted molar refractivity (Wildman–Crippen MR) is 100 cm³/mol. The molecule has 22 heavy (non-hydrogen) atoms. The summed E-state index contributed by atoms with van der Waals surface area (Å²) >= 11 is 0.